The Kier molecular flexibility index (Phi) is 3.33. The van der Waals surface area contributed by atoms with E-state index in [2.05, 4.69) is 5.10 Å². The molecular formula is C14H19N3O4. The highest BCUT2D eigenvalue weighted by atomic mass is 16.3. The molecule has 2 N–H and O–H groups in total. The number of amides is 1. The molecule has 21 heavy (non-hydrogen) atoms. The first kappa shape index (κ1) is 14.2. The van der Waals surface area contributed by atoms with Crippen LogP contribution < -0.4 is 5.56 Å². The molecular weight excluding hydrogens is 274 g/mol. The number of rotatable bonds is 1. The average Bonchev–Trinajstić information content (AvgIpc) is 2.50. The topological polar surface area (TPSA) is 95.7 Å². The van der Waals surface area contributed by atoms with Crippen LogP contribution in [0.3, 0.4) is 0 Å². The highest BCUT2D eigenvalue weighted by Gasteiger charge is 2.55. The van der Waals surface area contributed by atoms with E-state index in [9.17, 15) is 19.8 Å². The zero-order valence-corrected chi connectivity index (χ0v) is 11.9. The zero-order valence-electron chi connectivity index (χ0n) is 11.9. The number of carbonyl (C=O) groups excluding carboxylic acids is 1. The number of aliphatic hydroxyl groups is 2. The van der Waals surface area contributed by atoms with Gasteiger partial charge in [-0.1, -0.05) is 0 Å². The van der Waals surface area contributed by atoms with Crippen LogP contribution >= 0.6 is 0 Å². The number of aliphatic hydroxyl groups excluding tert-OH is 2. The number of aromatic nitrogens is 2. The minimum Gasteiger partial charge on any atom is -0.392 e. The normalized spacial score (nSPS) is 27.5. The van der Waals surface area contributed by atoms with Gasteiger partial charge in [0.15, 0.2) is 0 Å². The van der Waals surface area contributed by atoms with E-state index in [1.165, 1.54) is 19.2 Å². The molecule has 1 aromatic rings. The highest BCUT2D eigenvalue weighted by molar-refractivity contribution is 5.92. The lowest BCUT2D eigenvalue weighted by molar-refractivity contribution is -0.187. The Morgan fingerprint density at radius 1 is 1.29 bits per heavy atom. The molecule has 1 aromatic heterocycles. The van der Waals surface area contributed by atoms with Crippen molar-refractivity contribution in [1.82, 2.24) is 14.7 Å². The molecule has 1 spiro atoms. The number of hydrogen-bond donors (Lipinski definition) is 2. The quantitative estimate of drug-likeness (QED) is 0.701. The molecule has 2 heterocycles. The second-order valence-corrected chi connectivity index (χ2v) is 5.97. The highest BCUT2D eigenvalue weighted by Crippen LogP contribution is 2.49. The lowest BCUT2D eigenvalue weighted by Gasteiger charge is -2.54. The lowest BCUT2D eigenvalue weighted by Crippen LogP contribution is -2.61. The molecule has 0 unspecified atom stereocenters. The summed E-state index contributed by atoms with van der Waals surface area (Å²) in [7, 11) is 1.51. The minimum absolute atomic E-state index is 0.219. The largest absolute Gasteiger partial charge is 0.392 e. The number of carbonyl (C=O) groups is 1. The van der Waals surface area contributed by atoms with Crippen LogP contribution in [0.5, 0.6) is 0 Å². The van der Waals surface area contributed by atoms with Gasteiger partial charge in [0.2, 0.25) is 0 Å². The van der Waals surface area contributed by atoms with Gasteiger partial charge in [-0.05, 0) is 18.9 Å². The number of aryl methyl sites for hydroxylation is 1. The first-order chi connectivity index (χ1) is 9.94. The lowest BCUT2D eigenvalue weighted by atomic mass is 9.58. The van der Waals surface area contributed by atoms with Gasteiger partial charge in [0.05, 0.1) is 12.2 Å². The molecule has 0 aromatic carbocycles. The van der Waals surface area contributed by atoms with E-state index in [0.29, 0.717) is 32.4 Å². The Balaban J connectivity index is 1.70. The third kappa shape index (κ3) is 2.16. The smallest absolute Gasteiger partial charge is 0.274 e. The Morgan fingerprint density at radius 3 is 2.43 bits per heavy atom. The number of piperidine rings is 1. The van der Waals surface area contributed by atoms with Crippen LogP contribution in [0, 0.1) is 5.41 Å². The van der Waals surface area contributed by atoms with E-state index < -0.39 is 17.6 Å². The van der Waals surface area contributed by atoms with Crippen molar-refractivity contribution in [2.45, 2.75) is 31.5 Å². The van der Waals surface area contributed by atoms with E-state index >= 15 is 0 Å². The molecule has 1 saturated heterocycles. The van der Waals surface area contributed by atoms with Crippen molar-refractivity contribution in [2.24, 2.45) is 12.5 Å². The molecule has 7 nitrogen and oxygen atoms in total. The number of nitrogens with zero attached hydrogens (tertiary/aromatic N) is 3. The van der Waals surface area contributed by atoms with Gasteiger partial charge in [-0.3, -0.25) is 9.59 Å². The molecule has 1 amide bonds. The van der Waals surface area contributed by atoms with Crippen LogP contribution in [0.25, 0.3) is 0 Å². The summed E-state index contributed by atoms with van der Waals surface area (Å²) in [6.45, 7) is 0.967. The zero-order chi connectivity index (χ0) is 15.2. The summed E-state index contributed by atoms with van der Waals surface area (Å²) in [5.74, 6) is -0.219. The van der Waals surface area contributed by atoms with Crippen molar-refractivity contribution in [3.63, 3.8) is 0 Å². The maximum Gasteiger partial charge on any atom is 0.274 e. The summed E-state index contributed by atoms with van der Waals surface area (Å²) < 4.78 is 1.14. The standard InChI is InChI=1S/C14H19N3O4/c1-16-12(20)3-2-9(15-16)13(21)17-6-4-14(5-7-17)10(18)8-11(14)19/h2-3,10-11,18-19H,4-8H2,1H3/t10-,11+. The van der Waals surface area contributed by atoms with Gasteiger partial charge in [-0.2, -0.15) is 5.10 Å². The number of hydrogen-bond acceptors (Lipinski definition) is 5. The fourth-order valence-corrected chi connectivity index (χ4v) is 3.31. The van der Waals surface area contributed by atoms with Crippen LogP contribution in [0.4, 0.5) is 0 Å². The van der Waals surface area contributed by atoms with Gasteiger partial charge in [0.1, 0.15) is 5.69 Å². The molecule has 2 fully saturated rings. The molecule has 1 saturated carbocycles. The van der Waals surface area contributed by atoms with Gasteiger partial charge in [-0.15, -0.1) is 0 Å². The van der Waals surface area contributed by atoms with E-state index in [4.69, 9.17) is 0 Å². The van der Waals surface area contributed by atoms with Crippen LogP contribution in [0.1, 0.15) is 29.8 Å². The SMILES string of the molecule is Cn1nc(C(=O)N2CCC3(CC2)[C@H](O)C[C@@H]3O)ccc1=O. The Morgan fingerprint density at radius 2 is 1.90 bits per heavy atom. The van der Waals surface area contributed by atoms with Crippen molar-refractivity contribution in [2.75, 3.05) is 13.1 Å². The van der Waals surface area contributed by atoms with Gasteiger partial charge in [0, 0.05) is 38.0 Å². The van der Waals surface area contributed by atoms with Crippen LogP contribution in [0.15, 0.2) is 16.9 Å². The molecule has 1 aliphatic heterocycles. The third-order valence-corrected chi connectivity index (χ3v) is 4.93. The molecule has 0 bridgehead atoms. The van der Waals surface area contributed by atoms with Crippen molar-refractivity contribution in [3.8, 4) is 0 Å². The molecule has 0 radical (unpaired) electrons. The third-order valence-electron chi connectivity index (χ3n) is 4.93. The fraction of sp³-hybridized carbons (Fsp3) is 0.643. The van der Waals surface area contributed by atoms with E-state index in [1.807, 2.05) is 0 Å². The fourth-order valence-electron chi connectivity index (χ4n) is 3.31. The van der Waals surface area contributed by atoms with Crippen molar-refractivity contribution >= 4 is 5.91 Å². The van der Waals surface area contributed by atoms with Crippen molar-refractivity contribution in [3.05, 3.63) is 28.2 Å². The summed E-state index contributed by atoms with van der Waals surface area (Å²) in [6.07, 6.45) is 0.663. The summed E-state index contributed by atoms with van der Waals surface area (Å²) in [6, 6.07) is 2.76. The molecule has 7 heteroatoms. The van der Waals surface area contributed by atoms with Gasteiger partial charge in [-0.25, -0.2) is 4.68 Å². The molecule has 2 atom stereocenters. The minimum atomic E-state index is -0.472. The van der Waals surface area contributed by atoms with Crippen LogP contribution in [-0.2, 0) is 7.05 Å². The second kappa shape index (κ2) is 4.92. The first-order valence-electron chi connectivity index (χ1n) is 7.14. The predicted molar refractivity (Wildman–Crippen MR) is 73.7 cm³/mol. The molecule has 1 aliphatic carbocycles. The summed E-state index contributed by atoms with van der Waals surface area (Å²) >= 11 is 0. The molecule has 2 aliphatic rings. The molecule has 3 rings (SSSR count). The van der Waals surface area contributed by atoms with E-state index in [0.717, 1.165) is 4.68 Å². The van der Waals surface area contributed by atoms with Gasteiger partial charge < -0.3 is 15.1 Å². The summed E-state index contributed by atoms with van der Waals surface area (Å²) in [5, 5.41) is 23.7. The van der Waals surface area contributed by atoms with Crippen LogP contribution in [-0.4, -0.2) is 56.1 Å². The maximum atomic E-state index is 12.4. The predicted octanol–water partition coefficient (Wildman–Crippen LogP) is -0.872. The summed E-state index contributed by atoms with van der Waals surface area (Å²) in [4.78, 5) is 25.3. The van der Waals surface area contributed by atoms with E-state index in [-0.39, 0.29) is 17.2 Å². The van der Waals surface area contributed by atoms with Gasteiger partial charge in [0.25, 0.3) is 11.5 Å². The Hall–Kier alpha value is -1.73. The van der Waals surface area contributed by atoms with Gasteiger partial charge >= 0.3 is 0 Å². The Bertz CT molecular complexity index is 609. The van der Waals surface area contributed by atoms with Crippen molar-refractivity contribution in [1.29, 1.82) is 0 Å². The molecule has 114 valence electrons. The average molecular weight is 293 g/mol. The first-order valence-corrected chi connectivity index (χ1v) is 7.14. The number of likely N-dealkylation sites (tertiary alicyclic amines) is 1. The maximum absolute atomic E-state index is 12.4. The van der Waals surface area contributed by atoms with Crippen molar-refractivity contribution < 1.29 is 15.0 Å². The Labute approximate surface area is 121 Å². The second-order valence-electron chi connectivity index (χ2n) is 5.97. The monoisotopic (exact) mass is 293 g/mol. The van der Waals surface area contributed by atoms with E-state index in [1.54, 1.807) is 4.90 Å². The summed E-state index contributed by atoms with van der Waals surface area (Å²) in [5.41, 5.74) is -0.457. The van der Waals surface area contributed by atoms with Crippen LogP contribution in [0.2, 0.25) is 0 Å².